The zero-order valence-corrected chi connectivity index (χ0v) is 5.58. The Morgan fingerprint density at radius 3 is 2.56 bits per heavy atom. The number of aliphatic hydroxyl groups is 1. The summed E-state index contributed by atoms with van der Waals surface area (Å²) < 4.78 is 23.4. The van der Waals surface area contributed by atoms with Gasteiger partial charge in [0.25, 0.3) is 11.0 Å². The van der Waals surface area contributed by atoms with Crippen molar-refractivity contribution in [3.8, 4) is 0 Å². The molecule has 0 radical (unpaired) electrons. The van der Waals surface area contributed by atoms with E-state index < -0.39 is 17.1 Å². The van der Waals surface area contributed by atoms with E-state index in [4.69, 9.17) is 10.8 Å². The average Bonchev–Trinajstić information content (AvgIpc) is 1.83. The van der Waals surface area contributed by atoms with Crippen LogP contribution in [0.25, 0.3) is 0 Å². The van der Waals surface area contributed by atoms with E-state index in [1.807, 2.05) is 0 Å². The Morgan fingerprint density at radius 1 is 1.67 bits per heavy atom. The molecule has 0 aromatic rings. The Hall–Kier alpha value is -0.170. The van der Waals surface area contributed by atoms with Crippen LogP contribution in [0.1, 0.15) is 0 Å². The van der Waals surface area contributed by atoms with Gasteiger partial charge in [0, 0.05) is 6.54 Å². The maximum absolute atomic E-state index is 9.68. The van der Waals surface area contributed by atoms with Crippen LogP contribution in [0.4, 0.5) is 0 Å². The highest BCUT2D eigenvalue weighted by Gasteiger charge is 1.99. The predicted molar refractivity (Wildman–Crippen MR) is 31.3 cm³/mol. The summed E-state index contributed by atoms with van der Waals surface area (Å²) in [5, 5.41) is 8.59. The van der Waals surface area contributed by atoms with Crippen LogP contribution < -0.4 is 5.73 Å². The summed E-state index contributed by atoms with van der Waals surface area (Å²) in [6.07, 6.45) is -0.891. The lowest BCUT2D eigenvalue weighted by atomic mass is 10.4. The van der Waals surface area contributed by atoms with E-state index in [0.717, 1.165) is 0 Å². The van der Waals surface area contributed by atoms with E-state index in [0.29, 0.717) is 0 Å². The maximum atomic E-state index is 9.68. The first-order valence-corrected chi connectivity index (χ1v) is 3.41. The van der Waals surface area contributed by atoms with Crippen LogP contribution in [0.5, 0.6) is 0 Å². The smallest absolute Gasteiger partial charge is 0.257 e. The fraction of sp³-hybridized carbons (Fsp3) is 1.00. The quantitative estimate of drug-likeness (QED) is 0.403. The second kappa shape index (κ2) is 4.68. The highest BCUT2D eigenvalue weighted by atomic mass is 32.2. The number of nitrogens with two attached hydrogens (primary N) is 1. The fourth-order valence-electron chi connectivity index (χ4n) is 0.215. The molecule has 0 aliphatic rings. The Kier molecular flexibility index (Phi) is 4.60. The van der Waals surface area contributed by atoms with E-state index in [2.05, 4.69) is 4.18 Å². The third-order valence-corrected chi connectivity index (χ3v) is 1.00. The van der Waals surface area contributed by atoms with Gasteiger partial charge in [-0.15, -0.1) is 0 Å². The summed E-state index contributed by atoms with van der Waals surface area (Å²) in [5.41, 5.74) is 4.93. The number of hydrogen-bond donors (Lipinski definition) is 3. The minimum Gasteiger partial charge on any atom is -0.389 e. The van der Waals surface area contributed by atoms with Crippen molar-refractivity contribution in [1.82, 2.24) is 0 Å². The maximum Gasteiger partial charge on any atom is 0.257 e. The average molecular weight is 155 g/mol. The van der Waals surface area contributed by atoms with E-state index in [-0.39, 0.29) is 13.2 Å². The zero-order valence-electron chi connectivity index (χ0n) is 4.69. The molecule has 0 aliphatic carbocycles. The molecule has 5 nitrogen and oxygen atoms in total. The van der Waals surface area contributed by atoms with Crippen molar-refractivity contribution < 1.29 is 17.7 Å². The Morgan fingerprint density at radius 2 is 2.22 bits per heavy atom. The largest absolute Gasteiger partial charge is 0.389 e. The highest BCUT2D eigenvalue weighted by Crippen LogP contribution is 1.80. The lowest BCUT2D eigenvalue weighted by Gasteiger charge is -2.01. The fourth-order valence-corrected chi connectivity index (χ4v) is 0.509. The van der Waals surface area contributed by atoms with E-state index in [1.54, 1.807) is 0 Å². The van der Waals surface area contributed by atoms with E-state index >= 15 is 0 Å². The molecule has 0 bridgehead atoms. The van der Waals surface area contributed by atoms with Gasteiger partial charge in [-0.05, 0) is 0 Å². The summed E-state index contributed by atoms with van der Waals surface area (Å²) in [7, 11) is -2.85. The van der Waals surface area contributed by atoms with Crippen molar-refractivity contribution in [1.29, 1.82) is 0 Å². The van der Waals surface area contributed by atoms with Gasteiger partial charge < -0.3 is 10.8 Å². The second-order valence-electron chi connectivity index (χ2n) is 1.41. The molecule has 0 aromatic carbocycles. The van der Waals surface area contributed by atoms with Crippen molar-refractivity contribution >= 4 is 11.0 Å². The van der Waals surface area contributed by atoms with Crippen LogP contribution >= 0.6 is 0 Å². The summed E-state index contributed by atoms with van der Waals surface area (Å²) in [4.78, 5) is 0. The molecule has 0 spiro atoms. The van der Waals surface area contributed by atoms with Crippen LogP contribution in [0.2, 0.25) is 0 Å². The van der Waals surface area contributed by atoms with Gasteiger partial charge in [0.2, 0.25) is 0 Å². The minimum absolute atomic E-state index is 0.00315. The van der Waals surface area contributed by atoms with Crippen LogP contribution in [0.3, 0.4) is 0 Å². The number of thiol groups is 1. The van der Waals surface area contributed by atoms with Gasteiger partial charge in [0.1, 0.15) is 0 Å². The number of rotatable bonds is 4. The van der Waals surface area contributed by atoms with Crippen LogP contribution in [-0.4, -0.2) is 32.8 Å². The standard InChI is InChI=1S/C3H9NO4S/c4-1-3(5)2-8-9(6)7/h3,5,9H,1-2,4H2. The Bertz CT molecular complexity index is 126. The molecular formula is C3H9NO4S. The Labute approximate surface area is 54.6 Å². The number of hydrogen-bond acceptors (Lipinski definition) is 5. The van der Waals surface area contributed by atoms with Gasteiger partial charge in [0.05, 0.1) is 12.7 Å². The third-order valence-electron chi connectivity index (χ3n) is 0.644. The van der Waals surface area contributed by atoms with Gasteiger partial charge in [-0.2, -0.15) is 0 Å². The molecule has 1 unspecified atom stereocenters. The molecule has 6 heteroatoms. The summed E-state index contributed by atoms with van der Waals surface area (Å²) in [6, 6.07) is 0. The summed E-state index contributed by atoms with van der Waals surface area (Å²) in [5.74, 6) is 0. The molecule has 0 saturated carbocycles. The van der Waals surface area contributed by atoms with Crippen molar-refractivity contribution in [3.05, 3.63) is 0 Å². The molecule has 0 aliphatic heterocycles. The molecule has 1 atom stereocenters. The third kappa shape index (κ3) is 5.71. The zero-order chi connectivity index (χ0) is 7.28. The second-order valence-corrected chi connectivity index (χ2v) is 2.11. The normalized spacial score (nSPS) is 14.1. The Balaban J connectivity index is 3.27. The van der Waals surface area contributed by atoms with Gasteiger partial charge in [-0.1, -0.05) is 0 Å². The first-order chi connectivity index (χ1) is 4.16. The lowest BCUT2D eigenvalue weighted by molar-refractivity contribution is 0.120. The molecule has 0 rings (SSSR count). The highest BCUT2D eigenvalue weighted by molar-refractivity contribution is 7.67. The number of aliphatic hydroxyl groups excluding tert-OH is 1. The monoisotopic (exact) mass is 155 g/mol. The van der Waals surface area contributed by atoms with Crippen molar-refractivity contribution in [2.75, 3.05) is 13.2 Å². The molecular weight excluding hydrogens is 146 g/mol. The first kappa shape index (κ1) is 8.83. The van der Waals surface area contributed by atoms with Crippen LogP contribution in [-0.2, 0) is 15.2 Å². The van der Waals surface area contributed by atoms with E-state index in [1.165, 1.54) is 0 Å². The van der Waals surface area contributed by atoms with Crippen molar-refractivity contribution in [2.24, 2.45) is 5.73 Å². The van der Waals surface area contributed by atoms with Crippen molar-refractivity contribution in [3.63, 3.8) is 0 Å². The molecule has 56 valence electrons. The molecule has 0 heterocycles. The van der Waals surface area contributed by atoms with Gasteiger partial charge in [-0.3, -0.25) is 4.18 Å². The first-order valence-electron chi connectivity index (χ1n) is 2.32. The van der Waals surface area contributed by atoms with Gasteiger partial charge >= 0.3 is 0 Å². The molecule has 0 saturated heterocycles. The van der Waals surface area contributed by atoms with Crippen LogP contribution in [0.15, 0.2) is 0 Å². The van der Waals surface area contributed by atoms with Gasteiger partial charge in [-0.25, -0.2) is 8.42 Å². The molecule has 0 aromatic heterocycles. The van der Waals surface area contributed by atoms with E-state index in [9.17, 15) is 8.42 Å². The molecule has 9 heavy (non-hydrogen) atoms. The summed E-state index contributed by atoms with van der Waals surface area (Å²) >= 11 is 0. The molecule has 0 fully saturated rings. The van der Waals surface area contributed by atoms with Gasteiger partial charge in [0.15, 0.2) is 0 Å². The summed E-state index contributed by atoms with van der Waals surface area (Å²) in [6.45, 7) is -0.252. The topological polar surface area (TPSA) is 89.6 Å². The molecule has 0 amide bonds. The SMILES string of the molecule is NCC(O)CO[SH](=O)=O. The van der Waals surface area contributed by atoms with Crippen molar-refractivity contribution in [2.45, 2.75) is 6.10 Å². The predicted octanol–water partition coefficient (Wildman–Crippen LogP) is -2.15. The lowest BCUT2D eigenvalue weighted by Crippen LogP contribution is -2.24. The van der Waals surface area contributed by atoms with Crippen LogP contribution in [0, 0.1) is 0 Å². The molecule has 3 N–H and O–H groups in total. The minimum atomic E-state index is -2.85.